The Morgan fingerprint density at radius 3 is 2.26 bits per heavy atom. The minimum absolute atomic E-state index is 0.00405. The Bertz CT molecular complexity index is 1680. The first-order valence-corrected chi connectivity index (χ1v) is 13.6. The number of hydrogen-bond donors (Lipinski definition) is 2. The van der Waals surface area contributed by atoms with E-state index in [1.165, 1.54) is 28.8 Å². The number of methoxy groups -OCH3 is 1. The SMILES string of the molecule is COC(=O)c1ccc(NC(=O)CC2C(=O)N(c3ccccc3)C(=S)N2Cc2c(NC(=O)c3ccccc3)on[n+]2C)cc1. The summed E-state index contributed by atoms with van der Waals surface area (Å²) in [6.07, 6.45) is -0.234. The molecule has 1 fully saturated rings. The number of thiocarbonyl (C=S) groups is 1. The van der Waals surface area contributed by atoms with Crippen molar-refractivity contribution in [2.24, 2.45) is 7.05 Å². The van der Waals surface area contributed by atoms with E-state index >= 15 is 0 Å². The van der Waals surface area contributed by atoms with Crippen molar-refractivity contribution in [2.45, 2.75) is 19.0 Å². The van der Waals surface area contributed by atoms with Crippen LogP contribution in [-0.4, -0.2) is 52.1 Å². The van der Waals surface area contributed by atoms with Gasteiger partial charge >= 0.3 is 11.9 Å². The lowest BCUT2D eigenvalue weighted by molar-refractivity contribution is -0.746. The molecule has 2 heterocycles. The zero-order chi connectivity index (χ0) is 30.5. The molecule has 1 aliphatic rings. The van der Waals surface area contributed by atoms with Crippen molar-refractivity contribution in [3.8, 4) is 0 Å². The van der Waals surface area contributed by atoms with E-state index in [1.807, 2.05) is 6.07 Å². The Labute approximate surface area is 251 Å². The Hall–Kier alpha value is -5.43. The van der Waals surface area contributed by atoms with Gasteiger partial charge in [0, 0.05) is 11.3 Å². The zero-order valence-electron chi connectivity index (χ0n) is 23.2. The molecule has 3 amide bonds. The number of rotatable bonds is 9. The first kappa shape index (κ1) is 29.1. The number of nitrogens with one attached hydrogen (secondary N) is 2. The molecule has 0 saturated carbocycles. The second-order valence-electron chi connectivity index (χ2n) is 9.55. The van der Waals surface area contributed by atoms with E-state index < -0.39 is 23.8 Å². The maximum Gasteiger partial charge on any atom is 0.337 e. The normalized spacial score (nSPS) is 14.5. The third-order valence-electron chi connectivity index (χ3n) is 6.79. The molecule has 1 aliphatic heterocycles. The van der Waals surface area contributed by atoms with E-state index in [4.69, 9.17) is 21.5 Å². The molecule has 1 aromatic heterocycles. The summed E-state index contributed by atoms with van der Waals surface area (Å²) >= 11 is 5.76. The Morgan fingerprint density at radius 2 is 1.60 bits per heavy atom. The van der Waals surface area contributed by atoms with Crippen molar-refractivity contribution in [3.05, 3.63) is 102 Å². The van der Waals surface area contributed by atoms with Crippen LogP contribution in [0.25, 0.3) is 0 Å². The van der Waals surface area contributed by atoms with E-state index in [0.717, 1.165) is 0 Å². The molecule has 1 unspecified atom stereocenters. The van der Waals surface area contributed by atoms with Crippen LogP contribution in [0.2, 0.25) is 0 Å². The van der Waals surface area contributed by atoms with Gasteiger partial charge in [0.15, 0.2) is 12.2 Å². The number of nitrogens with zero attached hydrogens (tertiary/aromatic N) is 4. The summed E-state index contributed by atoms with van der Waals surface area (Å²) in [6, 6.07) is 22.7. The average molecular weight is 600 g/mol. The lowest BCUT2D eigenvalue weighted by Crippen LogP contribution is -2.43. The minimum Gasteiger partial charge on any atom is -0.465 e. The van der Waals surface area contributed by atoms with E-state index in [1.54, 1.807) is 78.7 Å². The summed E-state index contributed by atoms with van der Waals surface area (Å²) in [5, 5.41) is 9.61. The highest BCUT2D eigenvalue weighted by atomic mass is 32.1. The predicted octanol–water partition coefficient (Wildman–Crippen LogP) is 3.07. The van der Waals surface area contributed by atoms with Crippen molar-refractivity contribution in [1.82, 2.24) is 10.2 Å². The average Bonchev–Trinajstić information content (AvgIpc) is 3.48. The van der Waals surface area contributed by atoms with Crippen LogP contribution in [0.5, 0.6) is 0 Å². The number of carbonyl (C=O) groups is 4. The van der Waals surface area contributed by atoms with Crippen molar-refractivity contribution in [3.63, 3.8) is 0 Å². The number of benzene rings is 3. The van der Waals surface area contributed by atoms with Gasteiger partial charge in [-0.25, -0.2) is 4.79 Å². The molecule has 1 saturated heterocycles. The highest BCUT2D eigenvalue weighted by molar-refractivity contribution is 7.80. The lowest BCUT2D eigenvalue weighted by Gasteiger charge is -2.22. The molecule has 43 heavy (non-hydrogen) atoms. The standard InChI is InChI=1S/C30H26N6O6S/c1-34-24(27(42-33-34)32-26(38)19-9-5-3-6-10-19)18-35-23(28(39)36(30(35)43)22-11-7-4-8-12-22)17-25(37)31-21-15-13-20(14-16-21)29(40)41-2/h3-16,23H,17-18H2,1-2H3,(H-,31,32,33,37,38,40)/p+1. The molecule has 0 aliphatic carbocycles. The van der Waals surface area contributed by atoms with Gasteiger partial charge in [-0.05, 0) is 65.4 Å². The van der Waals surface area contributed by atoms with Gasteiger partial charge in [0.1, 0.15) is 12.6 Å². The molecule has 218 valence electrons. The maximum absolute atomic E-state index is 13.8. The van der Waals surface area contributed by atoms with E-state index in [2.05, 4.69) is 15.9 Å². The molecule has 1 atom stereocenters. The summed E-state index contributed by atoms with van der Waals surface area (Å²) in [7, 11) is 2.91. The van der Waals surface area contributed by atoms with Crippen LogP contribution in [0, 0.1) is 0 Å². The first-order valence-electron chi connectivity index (χ1n) is 13.2. The van der Waals surface area contributed by atoms with Gasteiger partial charge in [-0.3, -0.25) is 29.1 Å². The highest BCUT2D eigenvalue weighted by Gasteiger charge is 2.46. The number of ether oxygens (including phenoxy) is 1. The van der Waals surface area contributed by atoms with Crippen LogP contribution < -0.4 is 20.2 Å². The lowest BCUT2D eigenvalue weighted by atomic mass is 10.1. The van der Waals surface area contributed by atoms with E-state index in [0.29, 0.717) is 28.2 Å². The van der Waals surface area contributed by atoms with Crippen LogP contribution in [0.4, 0.5) is 17.3 Å². The van der Waals surface area contributed by atoms with Crippen LogP contribution in [-0.2, 0) is 27.9 Å². The number of anilines is 3. The summed E-state index contributed by atoms with van der Waals surface area (Å²) in [5.41, 5.74) is 2.17. The van der Waals surface area contributed by atoms with Gasteiger partial charge in [0.25, 0.3) is 17.5 Å². The number of amides is 3. The van der Waals surface area contributed by atoms with Gasteiger partial charge in [0.2, 0.25) is 11.2 Å². The zero-order valence-corrected chi connectivity index (χ0v) is 24.0. The largest absolute Gasteiger partial charge is 0.465 e. The van der Waals surface area contributed by atoms with Gasteiger partial charge in [-0.1, -0.05) is 36.4 Å². The maximum atomic E-state index is 13.8. The summed E-state index contributed by atoms with van der Waals surface area (Å²) in [5.74, 6) is -1.65. The van der Waals surface area contributed by atoms with E-state index in [9.17, 15) is 19.2 Å². The van der Waals surface area contributed by atoms with Crippen LogP contribution in [0.1, 0.15) is 32.8 Å². The molecule has 12 nitrogen and oxygen atoms in total. The van der Waals surface area contributed by atoms with Gasteiger partial charge in [-0.15, -0.1) is 0 Å². The quantitative estimate of drug-likeness (QED) is 0.169. The number of carbonyl (C=O) groups excluding carboxylic acids is 4. The Morgan fingerprint density at radius 1 is 0.953 bits per heavy atom. The molecule has 4 aromatic rings. The minimum atomic E-state index is -0.977. The van der Waals surface area contributed by atoms with Crippen molar-refractivity contribution < 1.29 is 33.1 Å². The molecule has 3 aromatic carbocycles. The third kappa shape index (κ3) is 6.26. The van der Waals surface area contributed by atoms with Crippen LogP contribution >= 0.6 is 12.2 Å². The van der Waals surface area contributed by atoms with Crippen molar-refractivity contribution in [1.29, 1.82) is 0 Å². The smallest absolute Gasteiger partial charge is 0.337 e. The van der Waals surface area contributed by atoms with Gasteiger partial charge < -0.3 is 15.0 Å². The fourth-order valence-electron chi connectivity index (χ4n) is 4.57. The topological polar surface area (TPSA) is 138 Å². The summed E-state index contributed by atoms with van der Waals surface area (Å²) in [4.78, 5) is 54.5. The second kappa shape index (κ2) is 12.6. The molecule has 13 heteroatoms. The first-order chi connectivity index (χ1) is 20.8. The fourth-order valence-corrected chi connectivity index (χ4v) is 4.96. The van der Waals surface area contributed by atoms with Crippen LogP contribution in [0.15, 0.2) is 89.5 Å². The highest BCUT2D eigenvalue weighted by Crippen LogP contribution is 2.29. The second-order valence-corrected chi connectivity index (χ2v) is 9.91. The summed E-state index contributed by atoms with van der Waals surface area (Å²) in [6.45, 7) is 0.00405. The number of esters is 1. The molecular formula is C30H27N6O6S+. The number of hydrogen-bond acceptors (Lipinski definition) is 8. The number of para-hydroxylation sites is 1. The fraction of sp³-hybridized carbons (Fsp3) is 0.167. The third-order valence-corrected chi connectivity index (χ3v) is 7.21. The molecule has 5 rings (SSSR count). The Balaban J connectivity index is 1.40. The monoisotopic (exact) mass is 599 g/mol. The number of aryl methyl sites for hydroxylation is 1. The van der Waals surface area contributed by atoms with Crippen molar-refractivity contribution in [2.75, 3.05) is 22.6 Å². The number of aromatic nitrogens is 2. The molecule has 0 bridgehead atoms. The van der Waals surface area contributed by atoms with E-state index in [-0.39, 0.29) is 29.9 Å². The van der Waals surface area contributed by atoms with Gasteiger partial charge in [0.05, 0.1) is 24.8 Å². The molecule has 0 radical (unpaired) electrons. The van der Waals surface area contributed by atoms with Crippen LogP contribution in [0.3, 0.4) is 0 Å². The Kier molecular flexibility index (Phi) is 8.53. The molecule has 0 spiro atoms. The van der Waals surface area contributed by atoms with Crippen molar-refractivity contribution >= 4 is 58.3 Å². The molecular weight excluding hydrogens is 572 g/mol. The summed E-state index contributed by atoms with van der Waals surface area (Å²) < 4.78 is 11.5. The predicted molar refractivity (Wildman–Crippen MR) is 159 cm³/mol. The van der Waals surface area contributed by atoms with Gasteiger partial charge in [-0.2, -0.15) is 0 Å². The molecule has 2 N–H and O–H groups in total.